The number of phosphoric ester groups is 2. The van der Waals surface area contributed by atoms with Crippen LogP contribution in [-0.4, -0.2) is 81.6 Å². The van der Waals surface area contributed by atoms with Gasteiger partial charge in [-0.2, -0.15) is 0 Å². The van der Waals surface area contributed by atoms with E-state index in [9.17, 15) is 33.8 Å². The Morgan fingerprint density at radius 1 is 0.610 bits per heavy atom. The van der Waals surface area contributed by atoms with E-state index < -0.39 is 72.3 Å². The predicted octanol–water partition coefficient (Wildman–Crippen LogP) is 9.89. The SMILES string of the molecule is CCCCC/C=C\C/C=C\CC(O)/C=C\C=C\CCCC(=O)OC[C@H](COP(=O)(O)OC[C@@H](O)COP(=O)(O)O)OC(=O)CCCCCCCCCCCCCC(C)C. The summed E-state index contributed by atoms with van der Waals surface area (Å²) in [5.74, 6) is -0.389. The fourth-order valence-electron chi connectivity index (χ4n) is 5.60. The third-order valence-electron chi connectivity index (χ3n) is 8.97. The van der Waals surface area contributed by atoms with Crippen molar-refractivity contribution in [2.24, 2.45) is 5.92 Å². The molecule has 0 aliphatic heterocycles. The highest BCUT2D eigenvalue weighted by molar-refractivity contribution is 7.47. The number of carbonyl (C=O) groups excluding carboxylic acids is 2. The summed E-state index contributed by atoms with van der Waals surface area (Å²) in [6.07, 6.45) is 32.9. The number of esters is 2. The predicted molar refractivity (Wildman–Crippen MR) is 231 cm³/mol. The van der Waals surface area contributed by atoms with Gasteiger partial charge in [0, 0.05) is 12.8 Å². The van der Waals surface area contributed by atoms with Crippen molar-refractivity contribution in [3.8, 4) is 0 Å². The van der Waals surface area contributed by atoms with Crippen molar-refractivity contribution in [3.63, 3.8) is 0 Å². The number of aliphatic hydroxyl groups is 2. The number of ether oxygens (including phenoxy) is 2. The maximum atomic E-state index is 12.6. The maximum absolute atomic E-state index is 12.6. The van der Waals surface area contributed by atoms with E-state index in [4.69, 9.17) is 23.8 Å². The Bertz CT molecular complexity index is 1260. The number of rotatable bonds is 40. The molecule has 0 bridgehead atoms. The van der Waals surface area contributed by atoms with Gasteiger partial charge in [0.15, 0.2) is 6.10 Å². The number of hydrogen-bond donors (Lipinski definition) is 5. The van der Waals surface area contributed by atoms with Crippen LogP contribution in [0.3, 0.4) is 0 Å². The van der Waals surface area contributed by atoms with Crippen LogP contribution in [0.25, 0.3) is 0 Å². The second-order valence-corrected chi connectivity index (χ2v) is 18.0. The van der Waals surface area contributed by atoms with Crippen LogP contribution in [0.5, 0.6) is 0 Å². The van der Waals surface area contributed by atoms with Crippen LogP contribution in [0.4, 0.5) is 0 Å². The van der Waals surface area contributed by atoms with E-state index in [-0.39, 0.29) is 12.8 Å². The molecule has 0 amide bonds. The largest absolute Gasteiger partial charge is 0.472 e. The number of unbranched alkanes of at least 4 members (excludes halogenated alkanes) is 14. The normalized spacial score (nSPS) is 15.1. The minimum absolute atomic E-state index is 0.0600. The summed E-state index contributed by atoms with van der Waals surface area (Å²) in [6, 6.07) is 0. The van der Waals surface area contributed by atoms with Gasteiger partial charge in [-0.05, 0) is 50.9 Å². The fraction of sp³-hybridized carbons (Fsp3) is 0.767. The van der Waals surface area contributed by atoms with E-state index in [0.29, 0.717) is 25.7 Å². The van der Waals surface area contributed by atoms with Crippen molar-refractivity contribution in [2.75, 3.05) is 26.4 Å². The third kappa shape index (κ3) is 42.5. The zero-order chi connectivity index (χ0) is 44.0. The lowest BCUT2D eigenvalue weighted by molar-refractivity contribution is -0.161. The maximum Gasteiger partial charge on any atom is 0.472 e. The molecule has 0 aromatic heterocycles. The van der Waals surface area contributed by atoms with E-state index in [1.54, 1.807) is 18.2 Å². The lowest BCUT2D eigenvalue weighted by Gasteiger charge is -2.20. The summed E-state index contributed by atoms with van der Waals surface area (Å²) in [5.41, 5.74) is 0. The van der Waals surface area contributed by atoms with Crippen molar-refractivity contribution >= 4 is 27.6 Å². The number of allylic oxidation sites excluding steroid dienone is 6. The molecule has 344 valence electrons. The Morgan fingerprint density at radius 2 is 1.19 bits per heavy atom. The van der Waals surface area contributed by atoms with Gasteiger partial charge in [0.1, 0.15) is 12.7 Å². The molecule has 0 fully saturated rings. The average molecular weight is 881 g/mol. The first-order valence-electron chi connectivity index (χ1n) is 21.8. The molecule has 0 saturated carbocycles. The Balaban J connectivity index is 4.69. The van der Waals surface area contributed by atoms with Gasteiger partial charge in [0.05, 0.1) is 25.9 Å². The van der Waals surface area contributed by atoms with E-state index in [0.717, 1.165) is 44.4 Å². The number of hydrogen-bond acceptors (Lipinski definition) is 11. The Labute approximate surface area is 354 Å². The fourth-order valence-corrected chi connectivity index (χ4v) is 6.76. The summed E-state index contributed by atoms with van der Waals surface area (Å²) >= 11 is 0. The minimum Gasteiger partial charge on any atom is -0.462 e. The van der Waals surface area contributed by atoms with E-state index >= 15 is 0 Å². The van der Waals surface area contributed by atoms with Gasteiger partial charge < -0.3 is 34.4 Å². The van der Waals surface area contributed by atoms with Crippen LogP contribution in [0.1, 0.15) is 162 Å². The molecule has 0 heterocycles. The molecule has 0 saturated heterocycles. The van der Waals surface area contributed by atoms with Gasteiger partial charge >= 0.3 is 27.6 Å². The van der Waals surface area contributed by atoms with Gasteiger partial charge in [-0.3, -0.25) is 23.2 Å². The highest BCUT2D eigenvalue weighted by Gasteiger charge is 2.28. The standard InChI is InChI=1S/C43H78O14P2/c1-4-5-6-7-8-12-16-20-25-30-39(44)31-26-21-18-23-27-32-42(46)53-36-41(37-56-59(51,52)55-35-40(45)34-54-58(48,49)50)57-43(47)33-28-22-17-14-11-9-10-13-15-19-24-29-38(2)3/h8,12,18,20-21,25-26,31,38-41,44-45H,4-7,9-11,13-17,19,22-24,27-30,32-37H2,1-3H3,(H,51,52)(H2,48,49,50)/b12-8-,21-18+,25-20-,31-26-/t39?,40-,41+/m0/s1. The highest BCUT2D eigenvalue weighted by Crippen LogP contribution is 2.43. The minimum atomic E-state index is -4.88. The Hall–Kier alpha value is -1.96. The molecular weight excluding hydrogens is 802 g/mol. The Morgan fingerprint density at radius 3 is 1.83 bits per heavy atom. The van der Waals surface area contributed by atoms with Crippen molar-refractivity contribution < 1.29 is 66.7 Å². The summed E-state index contributed by atoms with van der Waals surface area (Å²) < 4.78 is 47.6. The number of aliphatic hydroxyl groups excluding tert-OH is 2. The summed E-state index contributed by atoms with van der Waals surface area (Å²) in [7, 11) is -9.71. The first kappa shape index (κ1) is 57.0. The van der Waals surface area contributed by atoms with Crippen molar-refractivity contribution in [2.45, 2.75) is 180 Å². The van der Waals surface area contributed by atoms with Gasteiger partial charge in [0.2, 0.25) is 0 Å². The zero-order valence-electron chi connectivity index (χ0n) is 36.1. The van der Waals surface area contributed by atoms with Crippen molar-refractivity contribution in [1.29, 1.82) is 0 Å². The molecule has 0 aliphatic carbocycles. The molecule has 0 spiro atoms. The van der Waals surface area contributed by atoms with Gasteiger partial charge in [-0.1, -0.05) is 153 Å². The van der Waals surface area contributed by atoms with Crippen LogP contribution in [-0.2, 0) is 41.8 Å². The van der Waals surface area contributed by atoms with Crippen LogP contribution >= 0.6 is 15.6 Å². The van der Waals surface area contributed by atoms with Gasteiger partial charge in [-0.25, -0.2) is 9.13 Å². The molecule has 0 aliphatic rings. The molecule has 14 nitrogen and oxygen atoms in total. The van der Waals surface area contributed by atoms with Crippen molar-refractivity contribution in [3.05, 3.63) is 48.6 Å². The van der Waals surface area contributed by atoms with Crippen molar-refractivity contribution in [1.82, 2.24) is 0 Å². The second kappa shape index (κ2) is 37.8. The zero-order valence-corrected chi connectivity index (χ0v) is 37.9. The molecule has 59 heavy (non-hydrogen) atoms. The topological polar surface area (TPSA) is 216 Å². The molecular formula is C43H78O14P2. The third-order valence-corrected chi connectivity index (χ3v) is 10.4. The average Bonchev–Trinajstić information content (AvgIpc) is 3.17. The first-order chi connectivity index (χ1) is 28.1. The molecule has 16 heteroatoms. The van der Waals surface area contributed by atoms with Crippen LogP contribution < -0.4 is 0 Å². The Kier molecular flexibility index (Phi) is 36.5. The molecule has 5 N–H and O–H groups in total. The first-order valence-corrected chi connectivity index (χ1v) is 24.8. The van der Waals surface area contributed by atoms with Crippen LogP contribution in [0, 0.1) is 5.92 Å². The molecule has 4 atom stereocenters. The number of carbonyl (C=O) groups is 2. The molecule has 0 aromatic carbocycles. The summed E-state index contributed by atoms with van der Waals surface area (Å²) in [5, 5.41) is 19.9. The summed E-state index contributed by atoms with van der Waals surface area (Å²) in [4.78, 5) is 52.6. The van der Waals surface area contributed by atoms with Gasteiger partial charge in [0.25, 0.3) is 0 Å². The van der Waals surface area contributed by atoms with Crippen LogP contribution in [0.15, 0.2) is 48.6 Å². The van der Waals surface area contributed by atoms with Crippen LogP contribution in [0.2, 0.25) is 0 Å². The van der Waals surface area contributed by atoms with E-state index in [1.165, 1.54) is 64.2 Å². The monoisotopic (exact) mass is 880 g/mol. The lowest BCUT2D eigenvalue weighted by Crippen LogP contribution is -2.30. The van der Waals surface area contributed by atoms with E-state index in [1.807, 2.05) is 18.2 Å². The van der Waals surface area contributed by atoms with E-state index in [2.05, 4.69) is 42.0 Å². The number of phosphoric acid groups is 2. The molecule has 2 unspecified atom stereocenters. The molecule has 0 rings (SSSR count). The second-order valence-electron chi connectivity index (χ2n) is 15.3. The highest BCUT2D eigenvalue weighted by atomic mass is 31.2. The smallest absolute Gasteiger partial charge is 0.462 e. The molecule has 0 aromatic rings. The molecule has 0 radical (unpaired) electrons. The quantitative estimate of drug-likeness (QED) is 0.0127. The van der Waals surface area contributed by atoms with Gasteiger partial charge in [-0.15, -0.1) is 0 Å². The summed E-state index contributed by atoms with van der Waals surface area (Å²) in [6.45, 7) is 3.86. The lowest BCUT2D eigenvalue weighted by atomic mass is 10.0.